The van der Waals surface area contributed by atoms with E-state index in [1.54, 1.807) is 0 Å². The van der Waals surface area contributed by atoms with E-state index >= 15 is 0 Å². The average molecular weight is 283 g/mol. The van der Waals surface area contributed by atoms with Crippen LogP contribution >= 0.6 is 0 Å². The Morgan fingerprint density at radius 3 is 2.76 bits per heavy atom. The van der Waals surface area contributed by atoms with Crippen molar-refractivity contribution in [1.82, 2.24) is 9.88 Å². The van der Waals surface area contributed by atoms with Gasteiger partial charge >= 0.3 is 0 Å². The minimum atomic E-state index is 0.301. The monoisotopic (exact) mass is 283 g/mol. The van der Waals surface area contributed by atoms with Gasteiger partial charge in [0, 0.05) is 36.8 Å². The summed E-state index contributed by atoms with van der Waals surface area (Å²) in [6.07, 6.45) is 4.60. The molecule has 1 aliphatic carbocycles. The fourth-order valence-electron chi connectivity index (χ4n) is 3.06. The van der Waals surface area contributed by atoms with E-state index in [0.29, 0.717) is 18.6 Å². The number of nitrogens with zero attached hydrogens (tertiary/aromatic N) is 2. The molecule has 1 fully saturated rings. The third-order valence-electron chi connectivity index (χ3n) is 4.46. The van der Waals surface area contributed by atoms with Crippen LogP contribution in [0.25, 0.3) is 10.9 Å². The van der Waals surface area contributed by atoms with Gasteiger partial charge in [-0.05, 0) is 56.4 Å². The molecule has 0 saturated heterocycles. The van der Waals surface area contributed by atoms with Crippen molar-refractivity contribution >= 4 is 10.9 Å². The molecule has 1 unspecified atom stereocenters. The third kappa shape index (κ3) is 3.25. The van der Waals surface area contributed by atoms with E-state index in [1.165, 1.54) is 30.3 Å². The SMILES string of the molecule is CC(C)N(CC1CC1)C(CN)c1ccc2ncccc2c1. The van der Waals surface area contributed by atoms with E-state index in [-0.39, 0.29) is 0 Å². The number of aromatic nitrogens is 1. The number of pyridine rings is 1. The van der Waals surface area contributed by atoms with Crippen molar-refractivity contribution in [2.75, 3.05) is 13.1 Å². The topological polar surface area (TPSA) is 42.1 Å². The van der Waals surface area contributed by atoms with Gasteiger partial charge in [0.1, 0.15) is 0 Å². The second kappa shape index (κ2) is 6.12. The van der Waals surface area contributed by atoms with E-state index in [1.807, 2.05) is 12.3 Å². The van der Waals surface area contributed by atoms with E-state index in [9.17, 15) is 0 Å². The number of nitrogens with two attached hydrogens (primary N) is 1. The molecule has 1 aromatic heterocycles. The molecule has 3 nitrogen and oxygen atoms in total. The van der Waals surface area contributed by atoms with Gasteiger partial charge in [-0.2, -0.15) is 0 Å². The Morgan fingerprint density at radius 2 is 2.10 bits per heavy atom. The maximum absolute atomic E-state index is 6.13. The minimum absolute atomic E-state index is 0.301. The Bertz CT molecular complexity index is 604. The molecule has 0 amide bonds. The Kier molecular flexibility index (Phi) is 4.22. The lowest BCUT2D eigenvalue weighted by Crippen LogP contribution is -2.40. The molecule has 0 spiro atoms. The Labute approximate surface area is 127 Å². The highest BCUT2D eigenvalue weighted by molar-refractivity contribution is 5.79. The highest BCUT2D eigenvalue weighted by Crippen LogP contribution is 2.34. The van der Waals surface area contributed by atoms with Crippen molar-refractivity contribution in [3.05, 3.63) is 42.1 Å². The van der Waals surface area contributed by atoms with Crippen LogP contribution in [0.1, 0.15) is 38.3 Å². The molecule has 3 rings (SSSR count). The first-order valence-corrected chi connectivity index (χ1v) is 7.99. The van der Waals surface area contributed by atoms with Crippen LogP contribution in [-0.4, -0.2) is 29.0 Å². The fourth-order valence-corrected chi connectivity index (χ4v) is 3.06. The van der Waals surface area contributed by atoms with Crippen LogP contribution in [0.2, 0.25) is 0 Å². The molecule has 0 aliphatic heterocycles. The van der Waals surface area contributed by atoms with E-state index < -0.39 is 0 Å². The lowest BCUT2D eigenvalue weighted by molar-refractivity contribution is 0.150. The molecule has 21 heavy (non-hydrogen) atoms. The van der Waals surface area contributed by atoms with Gasteiger partial charge < -0.3 is 5.73 Å². The molecule has 1 aromatic carbocycles. The predicted octanol–water partition coefficient (Wildman–Crippen LogP) is 3.36. The van der Waals surface area contributed by atoms with E-state index in [0.717, 1.165) is 11.4 Å². The van der Waals surface area contributed by atoms with Gasteiger partial charge in [-0.1, -0.05) is 12.1 Å². The molecular formula is C18H25N3. The van der Waals surface area contributed by atoms with Gasteiger partial charge in [-0.15, -0.1) is 0 Å². The summed E-state index contributed by atoms with van der Waals surface area (Å²) in [6.45, 7) is 6.38. The summed E-state index contributed by atoms with van der Waals surface area (Å²) in [5.41, 5.74) is 8.49. The first kappa shape index (κ1) is 14.5. The maximum Gasteiger partial charge on any atom is 0.0702 e. The number of fused-ring (bicyclic) bond motifs is 1. The fraction of sp³-hybridized carbons (Fsp3) is 0.500. The highest BCUT2D eigenvalue weighted by Gasteiger charge is 2.29. The van der Waals surface area contributed by atoms with Crippen LogP contribution in [0.5, 0.6) is 0 Å². The molecule has 2 N–H and O–H groups in total. The normalized spacial score (nSPS) is 16.8. The van der Waals surface area contributed by atoms with Gasteiger partial charge in [0.2, 0.25) is 0 Å². The van der Waals surface area contributed by atoms with E-state index in [2.05, 4.69) is 48.0 Å². The summed E-state index contributed by atoms with van der Waals surface area (Å²) < 4.78 is 0. The quantitative estimate of drug-likeness (QED) is 0.884. The predicted molar refractivity (Wildman–Crippen MR) is 88.1 cm³/mol. The largest absolute Gasteiger partial charge is 0.329 e. The van der Waals surface area contributed by atoms with Crippen LogP contribution in [0.15, 0.2) is 36.5 Å². The summed E-state index contributed by atoms with van der Waals surface area (Å²) in [4.78, 5) is 6.97. The zero-order valence-corrected chi connectivity index (χ0v) is 13.0. The second-order valence-electron chi connectivity index (χ2n) is 6.44. The van der Waals surface area contributed by atoms with Crippen LogP contribution in [0.3, 0.4) is 0 Å². The van der Waals surface area contributed by atoms with Gasteiger partial charge in [-0.3, -0.25) is 9.88 Å². The molecular weight excluding hydrogens is 258 g/mol. The van der Waals surface area contributed by atoms with Gasteiger partial charge in [0.05, 0.1) is 5.52 Å². The summed E-state index contributed by atoms with van der Waals surface area (Å²) in [6, 6.07) is 11.5. The smallest absolute Gasteiger partial charge is 0.0702 e. The van der Waals surface area contributed by atoms with E-state index in [4.69, 9.17) is 5.73 Å². The van der Waals surface area contributed by atoms with Gasteiger partial charge in [0.15, 0.2) is 0 Å². The van der Waals surface area contributed by atoms with Gasteiger partial charge in [0.25, 0.3) is 0 Å². The van der Waals surface area contributed by atoms with Crippen LogP contribution < -0.4 is 5.73 Å². The highest BCUT2D eigenvalue weighted by atomic mass is 15.2. The van der Waals surface area contributed by atoms with Crippen LogP contribution in [0.4, 0.5) is 0 Å². The average Bonchev–Trinajstić information content (AvgIpc) is 3.31. The summed E-state index contributed by atoms with van der Waals surface area (Å²) in [7, 11) is 0. The molecule has 2 aromatic rings. The molecule has 3 heteroatoms. The van der Waals surface area contributed by atoms with Crippen molar-refractivity contribution in [3.8, 4) is 0 Å². The third-order valence-corrected chi connectivity index (χ3v) is 4.46. The molecule has 1 heterocycles. The van der Waals surface area contributed by atoms with Crippen molar-refractivity contribution in [3.63, 3.8) is 0 Å². The van der Waals surface area contributed by atoms with Crippen molar-refractivity contribution in [2.45, 2.75) is 38.8 Å². The minimum Gasteiger partial charge on any atom is -0.329 e. The summed E-state index contributed by atoms with van der Waals surface area (Å²) in [5.74, 6) is 0.878. The Morgan fingerprint density at radius 1 is 1.29 bits per heavy atom. The second-order valence-corrected chi connectivity index (χ2v) is 6.44. The lowest BCUT2D eigenvalue weighted by atomic mass is 10.0. The Balaban J connectivity index is 1.91. The number of hydrogen-bond acceptors (Lipinski definition) is 3. The van der Waals surface area contributed by atoms with Gasteiger partial charge in [-0.25, -0.2) is 0 Å². The molecule has 112 valence electrons. The zero-order valence-electron chi connectivity index (χ0n) is 13.0. The Hall–Kier alpha value is -1.45. The molecule has 0 radical (unpaired) electrons. The standard InChI is InChI=1S/C18H25N3/c1-13(2)21(12-14-5-6-14)18(11-19)16-7-8-17-15(10-16)4-3-9-20-17/h3-4,7-10,13-14,18H,5-6,11-12,19H2,1-2H3. The zero-order chi connectivity index (χ0) is 14.8. The first-order valence-electron chi connectivity index (χ1n) is 7.99. The van der Waals surface area contributed by atoms with Crippen LogP contribution in [-0.2, 0) is 0 Å². The molecule has 0 bridgehead atoms. The van der Waals surface area contributed by atoms with Crippen molar-refractivity contribution < 1.29 is 0 Å². The molecule has 1 atom stereocenters. The summed E-state index contributed by atoms with van der Waals surface area (Å²) >= 11 is 0. The molecule has 1 aliphatic rings. The molecule has 1 saturated carbocycles. The number of rotatable bonds is 6. The van der Waals surface area contributed by atoms with Crippen molar-refractivity contribution in [1.29, 1.82) is 0 Å². The lowest BCUT2D eigenvalue weighted by Gasteiger charge is -2.35. The number of benzene rings is 1. The van der Waals surface area contributed by atoms with Crippen molar-refractivity contribution in [2.24, 2.45) is 11.7 Å². The summed E-state index contributed by atoms with van der Waals surface area (Å²) in [5, 5.41) is 1.20. The van der Waals surface area contributed by atoms with Crippen LogP contribution in [0, 0.1) is 5.92 Å². The first-order chi connectivity index (χ1) is 10.2. The number of hydrogen-bond donors (Lipinski definition) is 1. The maximum atomic E-state index is 6.13.